The van der Waals surface area contributed by atoms with Crippen molar-refractivity contribution in [1.82, 2.24) is 14.9 Å². The van der Waals surface area contributed by atoms with Crippen LogP contribution in [0.1, 0.15) is 24.8 Å². The zero-order valence-electron chi connectivity index (χ0n) is 15.9. The number of carbonyl (C=O) groups excluding carboxylic acids is 1. The number of methoxy groups -OCH3 is 1. The second kappa shape index (κ2) is 8.74. The number of halogens is 2. The molecular formula is C19H24F2N4O3. The van der Waals surface area contributed by atoms with Gasteiger partial charge < -0.3 is 15.2 Å². The van der Waals surface area contributed by atoms with Crippen molar-refractivity contribution in [3.05, 3.63) is 29.7 Å². The maximum atomic E-state index is 14.8. The van der Waals surface area contributed by atoms with Gasteiger partial charge in [-0.2, -0.15) is 0 Å². The summed E-state index contributed by atoms with van der Waals surface area (Å²) >= 11 is 0. The highest BCUT2D eigenvalue weighted by molar-refractivity contribution is 5.87. The van der Waals surface area contributed by atoms with Crippen LogP contribution >= 0.6 is 0 Å². The Bertz CT molecular complexity index is 851. The number of pyridine rings is 2. The highest BCUT2D eigenvalue weighted by Gasteiger charge is 2.34. The highest BCUT2D eigenvalue weighted by Crippen LogP contribution is 2.30. The Morgan fingerprint density at radius 1 is 1.46 bits per heavy atom. The second-order valence-corrected chi connectivity index (χ2v) is 6.77. The Morgan fingerprint density at radius 3 is 2.93 bits per heavy atom. The normalized spacial score (nSPS) is 21.5. The first-order chi connectivity index (χ1) is 13.4. The van der Waals surface area contributed by atoms with Crippen LogP contribution in [0.4, 0.5) is 8.78 Å². The largest absolute Gasteiger partial charge is 0.481 e. The summed E-state index contributed by atoms with van der Waals surface area (Å²) in [5.74, 6) is -1.97. The van der Waals surface area contributed by atoms with Gasteiger partial charge in [0, 0.05) is 30.8 Å². The van der Waals surface area contributed by atoms with Crippen molar-refractivity contribution in [2.75, 3.05) is 33.4 Å². The molecule has 0 radical (unpaired) electrons. The molecule has 1 aliphatic rings. The lowest BCUT2D eigenvalue weighted by atomic mass is 9.95. The van der Waals surface area contributed by atoms with Crippen LogP contribution in [0.3, 0.4) is 0 Å². The third kappa shape index (κ3) is 4.20. The molecule has 28 heavy (non-hydrogen) atoms. The van der Waals surface area contributed by atoms with Crippen molar-refractivity contribution in [3.63, 3.8) is 0 Å². The van der Waals surface area contributed by atoms with Gasteiger partial charge in [0.05, 0.1) is 36.9 Å². The Labute approximate surface area is 161 Å². The third-order valence-electron chi connectivity index (χ3n) is 4.92. The molecule has 0 bridgehead atoms. The summed E-state index contributed by atoms with van der Waals surface area (Å²) < 4.78 is 39.2. The van der Waals surface area contributed by atoms with E-state index in [0.717, 1.165) is 6.20 Å². The smallest absolute Gasteiger partial charge is 0.314 e. The molecule has 1 aliphatic heterocycles. The number of ether oxygens (including phenoxy) is 2. The molecular weight excluding hydrogens is 370 g/mol. The number of nitrogens with two attached hydrogens (primary N) is 1. The van der Waals surface area contributed by atoms with Gasteiger partial charge in [0.1, 0.15) is 12.0 Å². The van der Waals surface area contributed by atoms with E-state index in [2.05, 4.69) is 9.97 Å². The molecule has 2 aromatic rings. The average Bonchev–Trinajstić information content (AvgIpc) is 2.69. The van der Waals surface area contributed by atoms with E-state index in [1.807, 2.05) is 0 Å². The van der Waals surface area contributed by atoms with Gasteiger partial charge >= 0.3 is 5.97 Å². The molecule has 1 unspecified atom stereocenters. The van der Waals surface area contributed by atoms with Gasteiger partial charge in [-0.25, -0.2) is 13.8 Å². The summed E-state index contributed by atoms with van der Waals surface area (Å²) in [4.78, 5) is 22.8. The molecule has 3 heterocycles. The molecule has 0 aliphatic carbocycles. The molecule has 0 spiro atoms. The zero-order valence-corrected chi connectivity index (χ0v) is 15.9. The molecule has 3 atom stereocenters. The predicted molar refractivity (Wildman–Crippen MR) is 99.4 cm³/mol. The molecule has 2 aromatic heterocycles. The van der Waals surface area contributed by atoms with Crippen LogP contribution in [-0.4, -0.2) is 66.4 Å². The van der Waals surface area contributed by atoms with Gasteiger partial charge in [0.25, 0.3) is 0 Å². The summed E-state index contributed by atoms with van der Waals surface area (Å²) in [6.45, 7) is 2.51. The number of likely N-dealkylation sites (tertiary alicyclic amines) is 1. The zero-order chi connectivity index (χ0) is 20.3. The van der Waals surface area contributed by atoms with Crippen LogP contribution in [-0.2, 0) is 9.53 Å². The lowest BCUT2D eigenvalue weighted by Crippen LogP contribution is -2.50. The molecule has 0 amide bonds. The number of esters is 1. The van der Waals surface area contributed by atoms with Crippen molar-refractivity contribution in [2.24, 2.45) is 5.73 Å². The van der Waals surface area contributed by atoms with E-state index in [9.17, 15) is 13.6 Å². The summed E-state index contributed by atoms with van der Waals surface area (Å²) in [6, 6.07) is 2.72. The SMILES string of the molecule is CCOC(=O)C(CN1CC[C@@H](N)[C@@H](F)C1)c1c(F)cnc2ccc(OC)nc12. The van der Waals surface area contributed by atoms with Gasteiger partial charge in [-0.1, -0.05) is 0 Å². The fourth-order valence-corrected chi connectivity index (χ4v) is 3.43. The number of carbonyl (C=O) groups is 1. The number of nitrogens with zero attached hydrogens (tertiary/aromatic N) is 3. The number of hydrogen-bond donors (Lipinski definition) is 1. The molecule has 7 nitrogen and oxygen atoms in total. The molecule has 3 rings (SSSR count). The van der Waals surface area contributed by atoms with Crippen molar-refractivity contribution >= 4 is 17.0 Å². The van der Waals surface area contributed by atoms with Gasteiger partial charge in [0.15, 0.2) is 0 Å². The van der Waals surface area contributed by atoms with E-state index in [-0.39, 0.29) is 36.7 Å². The molecule has 1 fully saturated rings. The maximum absolute atomic E-state index is 14.8. The van der Waals surface area contributed by atoms with Crippen LogP contribution in [0, 0.1) is 5.82 Å². The molecule has 152 valence electrons. The van der Waals surface area contributed by atoms with Crippen LogP contribution in [0.2, 0.25) is 0 Å². The second-order valence-electron chi connectivity index (χ2n) is 6.77. The fraction of sp³-hybridized carbons (Fsp3) is 0.526. The third-order valence-corrected chi connectivity index (χ3v) is 4.92. The fourth-order valence-electron chi connectivity index (χ4n) is 3.43. The monoisotopic (exact) mass is 394 g/mol. The van der Waals surface area contributed by atoms with Crippen LogP contribution in [0.5, 0.6) is 5.88 Å². The summed E-state index contributed by atoms with van der Waals surface area (Å²) in [7, 11) is 1.45. The summed E-state index contributed by atoms with van der Waals surface area (Å²) in [5.41, 5.74) is 6.46. The van der Waals surface area contributed by atoms with E-state index in [4.69, 9.17) is 15.2 Å². The molecule has 0 aromatic carbocycles. The molecule has 1 saturated heterocycles. The average molecular weight is 394 g/mol. The maximum Gasteiger partial charge on any atom is 0.314 e. The van der Waals surface area contributed by atoms with E-state index >= 15 is 0 Å². The van der Waals surface area contributed by atoms with E-state index in [1.54, 1.807) is 24.0 Å². The van der Waals surface area contributed by atoms with Gasteiger partial charge in [-0.3, -0.25) is 14.7 Å². The topological polar surface area (TPSA) is 90.6 Å². The number of rotatable bonds is 6. The van der Waals surface area contributed by atoms with Gasteiger partial charge in [-0.15, -0.1) is 0 Å². The van der Waals surface area contributed by atoms with Crippen molar-refractivity contribution < 1.29 is 23.0 Å². The lowest BCUT2D eigenvalue weighted by molar-refractivity contribution is -0.145. The van der Waals surface area contributed by atoms with Gasteiger partial charge in [0.2, 0.25) is 5.88 Å². The van der Waals surface area contributed by atoms with Crippen LogP contribution in [0.15, 0.2) is 18.3 Å². The molecule has 2 N–H and O–H groups in total. The number of aromatic nitrogens is 2. The quantitative estimate of drug-likeness (QED) is 0.747. The Hall–Kier alpha value is -2.39. The van der Waals surface area contributed by atoms with E-state index < -0.39 is 29.9 Å². The number of piperidine rings is 1. The number of alkyl halides is 1. The van der Waals surface area contributed by atoms with E-state index in [0.29, 0.717) is 18.5 Å². The molecule has 0 saturated carbocycles. The van der Waals surface area contributed by atoms with Crippen LogP contribution < -0.4 is 10.5 Å². The first-order valence-electron chi connectivity index (χ1n) is 9.22. The minimum absolute atomic E-state index is 0.0765. The van der Waals surface area contributed by atoms with Crippen molar-refractivity contribution in [2.45, 2.75) is 31.5 Å². The summed E-state index contributed by atoms with van der Waals surface area (Å²) in [6.07, 6.45) is 0.318. The lowest BCUT2D eigenvalue weighted by Gasteiger charge is -2.34. The standard InChI is InChI=1S/C19H24F2N4O3/c1-3-28-19(26)11(9-25-7-6-14(22)13(21)10-25)17-12(20)8-23-15-4-5-16(27-2)24-18(15)17/h4-5,8,11,13-14H,3,6-7,9-10,22H2,1-2H3/t11?,13-,14+/m0/s1. The summed E-state index contributed by atoms with van der Waals surface area (Å²) in [5, 5.41) is 0. The van der Waals surface area contributed by atoms with E-state index in [1.165, 1.54) is 7.11 Å². The number of hydrogen-bond acceptors (Lipinski definition) is 7. The number of fused-ring (bicyclic) bond motifs is 1. The van der Waals surface area contributed by atoms with Crippen LogP contribution in [0.25, 0.3) is 11.0 Å². The minimum Gasteiger partial charge on any atom is -0.481 e. The van der Waals surface area contributed by atoms with Crippen molar-refractivity contribution in [3.8, 4) is 5.88 Å². The Balaban J connectivity index is 2.02. The first kappa shape index (κ1) is 20.3. The Kier molecular flexibility index (Phi) is 6.35. The van der Waals surface area contributed by atoms with Crippen molar-refractivity contribution in [1.29, 1.82) is 0 Å². The molecule has 9 heteroatoms. The highest BCUT2D eigenvalue weighted by atomic mass is 19.1. The first-order valence-corrected chi connectivity index (χ1v) is 9.22. The minimum atomic E-state index is -1.20. The Morgan fingerprint density at radius 2 is 2.25 bits per heavy atom. The predicted octanol–water partition coefficient (Wildman–Crippen LogP) is 1.80. The van der Waals surface area contributed by atoms with Gasteiger partial charge in [-0.05, 0) is 26.0 Å².